The van der Waals surface area contributed by atoms with Gasteiger partial charge in [-0.1, -0.05) is 72.8 Å². The molecule has 16 nitrogen and oxygen atoms in total. The summed E-state index contributed by atoms with van der Waals surface area (Å²) in [6.07, 6.45) is -11.1. The number of rotatable bonds is 9. The molecular weight excluding hydrogens is 1380 g/mol. The number of halogens is 12. The molecule has 4 bridgehead atoms. The van der Waals surface area contributed by atoms with Gasteiger partial charge in [-0.05, 0) is 61.4 Å². The third kappa shape index (κ3) is 16.5. The lowest BCUT2D eigenvalue weighted by Crippen LogP contribution is -3.61. The van der Waals surface area contributed by atoms with E-state index in [4.69, 9.17) is 19.7 Å². The Hall–Kier alpha value is -6.51. The van der Waals surface area contributed by atoms with Crippen molar-refractivity contribution in [1.29, 1.82) is 0 Å². The second-order valence-corrected chi connectivity index (χ2v) is 26.2. The second-order valence-electron chi connectivity index (χ2n) is 20.2. The van der Waals surface area contributed by atoms with Gasteiger partial charge < -0.3 is 34.6 Å². The summed E-state index contributed by atoms with van der Waals surface area (Å²) in [5.74, 6) is -17.6. The van der Waals surface area contributed by atoms with E-state index in [1.54, 1.807) is 24.8 Å². The van der Waals surface area contributed by atoms with Crippen molar-refractivity contribution in [3.8, 4) is 0 Å². The van der Waals surface area contributed by atoms with Crippen LogP contribution in [0.5, 0.6) is 0 Å². The summed E-state index contributed by atoms with van der Waals surface area (Å²) in [6, 6.07) is 42.6. The quantitative estimate of drug-likeness (QED) is 0.0706. The average molecular weight is 1430 g/mol. The number of fused-ring (bicyclic) bond motifs is 2. The standard InChI is InChI=1S/C13H13F5O5.2C12H10I.C9H10O5.C7H6N4O.C4H5F5O/c1-12(14,15)11(13(16,17)18)23-10(21)5-3-2-4-6(5)9(20)22-8(4)7(3)19;2*1-3-7-11(8-4-1)13-12-9-5-2-6-10-12;10-6-2-1-3-5(4(2)8(11)12)9(13)14-7(3)6;12-7(10-3-1-8-5-10)11-4-2-9-6-11;1-3(5,6)2(10)4(7,8)9/h3-8,11,19H,2H2,1H3;2*1-10H;2-7,10H,1H2,(H,11,12);1-6H;2,10H,1H3/q;2*+1;;;. The predicted molar refractivity (Wildman–Crippen MR) is 267 cm³/mol. The first-order chi connectivity index (χ1) is 40.0. The maximum atomic E-state index is 13.1. The van der Waals surface area contributed by atoms with Crippen molar-refractivity contribution in [3.05, 3.63) is 173 Å². The van der Waals surface area contributed by atoms with Crippen LogP contribution in [0.15, 0.2) is 159 Å². The summed E-state index contributed by atoms with van der Waals surface area (Å²) in [7, 11) is 0. The highest BCUT2D eigenvalue weighted by atomic mass is 127. The molecule has 14 atom stereocenters. The third-order valence-corrected chi connectivity index (χ3v) is 19.7. The molecule has 2 saturated heterocycles. The molecule has 12 rings (SSSR count). The van der Waals surface area contributed by atoms with Gasteiger partial charge in [-0.25, -0.2) is 32.3 Å². The molecule has 0 spiro atoms. The number of aliphatic carboxylic acids is 1. The number of nitrogens with zero attached hydrogens (tertiary/aromatic N) is 4. The molecule has 6 aliphatic rings. The van der Waals surface area contributed by atoms with Gasteiger partial charge in [-0.3, -0.25) is 28.3 Å². The molecule has 4 aromatic carbocycles. The van der Waals surface area contributed by atoms with Crippen molar-refractivity contribution in [1.82, 2.24) is 19.1 Å². The number of aromatic nitrogens is 4. The molecule has 6 aromatic rings. The van der Waals surface area contributed by atoms with Crippen molar-refractivity contribution in [2.75, 3.05) is 0 Å². The molecule has 85 heavy (non-hydrogen) atoms. The molecule has 456 valence electrons. The summed E-state index contributed by atoms with van der Waals surface area (Å²) in [5.41, 5.74) is 0. The van der Waals surface area contributed by atoms with Crippen molar-refractivity contribution in [2.45, 2.75) is 87.5 Å². The second kappa shape index (κ2) is 27.9. The highest BCUT2D eigenvalue weighted by Gasteiger charge is 2.70. The smallest absolute Gasteiger partial charge is 0.431 e. The number of aliphatic hydroxyl groups is 3. The highest BCUT2D eigenvalue weighted by Crippen LogP contribution is 2.59. The van der Waals surface area contributed by atoms with E-state index in [1.165, 1.54) is 36.1 Å². The number of ether oxygens (including phenoxy) is 3. The molecule has 14 unspecified atom stereocenters. The van der Waals surface area contributed by atoms with Gasteiger partial charge in [0.2, 0.25) is 6.10 Å². The van der Waals surface area contributed by atoms with E-state index in [2.05, 4.69) is 136 Å². The van der Waals surface area contributed by atoms with Gasteiger partial charge in [-0.2, -0.15) is 26.3 Å². The fourth-order valence-corrected chi connectivity index (χ4v) is 15.2. The number of imidazole rings is 2. The third-order valence-electron chi connectivity index (χ3n) is 14.3. The van der Waals surface area contributed by atoms with Gasteiger partial charge in [0, 0.05) is 62.3 Å². The Morgan fingerprint density at radius 3 is 1.20 bits per heavy atom. The van der Waals surface area contributed by atoms with E-state index < -0.39 is 120 Å². The summed E-state index contributed by atoms with van der Waals surface area (Å²) in [4.78, 5) is 65.0. The topological polar surface area (TPSA) is 230 Å². The number of benzene rings is 4. The number of carbonyl (C=O) groups excluding carboxylic acids is 4. The minimum atomic E-state index is -5.46. The number of carboxylic acid groups (broad SMARTS) is 1. The number of aliphatic hydroxyl groups excluding tert-OH is 3. The van der Waals surface area contributed by atoms with Gasteiger partial charge >= 0.3 is 84.7 Å². The van der Waals surface area contributed by atoms with Gasteiger partial charge in [-0.15, -0.1) is 0 Å². The van der Waals surface area contributed by atoms with E-state index in [0.29, 0.717) is 6.42 Å². The molecule has 4 saturated carbocycles. The highest BCUT2D eigenvalue weighted by molar-refractivity contribution is 5.86. The lowest BCUT2D eigenvalue weighted by atomic mass is 9.78. The van der Waals surface area contributed by atoms with Crippen molar-refractivity contribution in [2.24, 2.45) is 47.3 Å². The van der Waals surface area contributed by atoms with Crippen LogP contribution in [0.4, 0.5) is 48.7 Å². The molecule has 4 aliphatic carbocycles. The van der Waals surface area contributed by atoms with E-state index in [9.17, 15) is 78.1 Å². The van der Waals surface area contributed by atoms with Gasteiger partial charge in [0.05, 0.1) is 35.9 Å². The first-order valence-electron chi connectivity index (χ1n) is 25.7. The van der Waals surface area contributed by atoms with Crippen LogP contribution in [-0.2, 0) is 33.4 Å². The Balaban J connectivity index is 0.000000150. The Bertz CT molecular complexity index is 2930. The Kier molecular flexibility index (Phi) is 21.7. The summed E-state index contributed by atoms with van der Waals surface area (Å²) >= 11 is 0.0574. The zero-order valence-electron chi connectivity index (χ0n) is 44.4. The minimum Gasteiger partial charge on any atom is -0.481 e. The Morgan fingerprint density at radius 2 is 0.918 bits per heavy atom. The lowest BCUT2D eigenvalue weighted by Gasteiger charge is -2.31. The van der Waals surface area contributed by atoms with Gasteiger partial charge in [0.1, 0.15) is 24.9 Å². The summed E-state index contributed by atoms with van der Waals surface area (Å²) in [6.45, 7) is -0.000890. The summed E-state index contributed by atoms with van der Waals surface area (Å²) in [5, 5.41) is 36.5. The number of hydrogen-bond acceptors (Lipinski definition) is 13. The molecule has 4 heterocycles. The number of carbonyl (C=O) groups is 5. The number of carboxylic acids is 1. The SMILES string of the molecule is CC(F)(F)C(O)C(F)(F)F.CC(F)(F)C(OC(=O)C1C2CC3C(OC(=O)C31)C2O)C(F)(F)F.O=C(O)C1C2CC3C(OC(=O)C31)C2O.O=C(n1ccnc1)n1ccnc1.c1ccc([I+]c2ccccc2)cc1.c1ccc([I+]c2ccccc2)cc1. The van der Waals surface area contributed by atoms with Crippen LogP contribution < -0.4 is 42.4 Å². The van der Waals surface area contributed by atoms with Crippen molar-refractivity contribution in [3.63, 3.8) is 0 Å². The normalized spacial score (nSPS) is 26.2. The molecule has 0 radical (unpaired) electrons. The fourth-order valence-electron chi connectivity index (χ4n) is 10.7. The van der Waals surface area contributed by atoms with Gasteiger partial charge in [0.25, 0.3) is 17.9 Å². The monoisotopic (exact) mass is 1430 g/mol. The molecule has 4 N–H and O–H groups in total. The predicted octanol–water partition coefficient (Wildman–Crippen LogP) is 2.31. The average Bonchev–Trinajstić information content (AvgIpc) is 1.66. The number of esters is 3. The molecule has 2 aliphatic heterocycles. The van der Waals surface area contributed by atoms with E-state index in [1.807, 2.05) is 0 Å². The lowest BCUT2D eigenvalue weighted by molar-refractivity contribution is -0.597. The fraction of sp³-hybridized carbons (Fsp3) is 0.386. The van der Waals surface area contributed by atoms with Crippen molar-refractivity contribution >= 4 is 29.9 Å². The molecule has 6 fully saturated rings. The maximum Gasteiger partial charge on any atom is 0.431 e. The molecule has 28 heteroatoms. The summed E-state index contributed by atoms with van der Waals surface area (Å²) < 4.78 is 144. The van der Waals surface area contributed by atoms with Crippen molar-refractivity contribution < 1.29 is 145 Å². The molecule has 2 aromatic heterocycles. The van der Waals surface area contributed by atoms with Crippen LogP contribution in [0.25, 0.3) is 0 Å². The van der Waals surface area contributed by atoms with Crippen LogP contribution in [0.3, 0.4) is 0 Å². The van der Waals surface area contributed by atoms with Crippen LogP contribution in [0, 0.1) is 61.6 Å². The van der Waals surface area contributed by atoms with E-state index >= 15 is 0 Å². The maximum absolute atomic E-state index is 13.1. The zero-order valence-corrected chi connectivity index (χ0v) is 48.7. The number of hydrogen-bond donors (Lipinski definition) is 4. The Labute approximate surface area is 499 Å². The van der Waals surface area contributed by atoms with Crippen LogP contribution >= 0.6 is 0 Å². The number of alkyl halides is 10. The van der Waals surface area contributed by atoms with E-state index in [0.717, 1.165) is 0 Å². The van der Waals surface area contributed by atoms with Crippen LogP contribution in [0.2, 0.25) is 0 Å². The Morgan fingerprint density at radius 1 is 0.565 bits per heavy atom. The van der Waals surface area contributed by atoms with Crippen LogP contribution in [-0.4, -0.2) is 130 Å². The first-order valence-corrected chi connectivity index (χ1v) is 30.1. The molecular formula is C57H54F10I2N4O12+2. The van der Waals surface area contributed by atoms with Crippen LogP contribution in [0.1, 0.15) is 26.7 Å². The first kappa shape index (κ1) is 66.0. The minimum absolute atomic E-state index is 0.00512. The zero-order chi connectivity index (χ0) is 62.2. The largest absolute Gasteiger partial charge is 0.481 e. The van der Waals surface area contributed by atoms with Gasteiger partial charge in [0.15, 0.2) is 14.3 Å². The van der Waals surface area contributed by atoms with E-state index in [-0.39, 0.29) is 80.5 Å². The molecule has 0 amide bonds.